The van der Waals surface area contributed by atoms with Crippen molar-refractivity contribution in [2.24, 2.45) is 11.7 Å². The molecule has 1 heterocycles. The van der Waals surface area contributed by atoms with E-state index in [0.717, 1.165) is 0 Å². The Morgan fingerprint density at radius 1 is 1.12 bits per heavy atom. The van der Waals surface area contributed by atoms with Gasteiger partial charge in [0.15, 0.2) is 0 Å². The number of carbonyl (C=O) groups is 1. The number of ether oxygens (including phenoxy) is 1. The van der Waals surface area contributed by atoms with Gasteiger partial charge in [0.25, 0.3) is 5.91 Å². The van der Waals surface area contributed by atoms with Crippen molar-refractivity contribution in [3.05, 3.63) is 65.7 Å². The highest BCUT2D eigenvalue weighted by atomic mass is 35.5. The van der Waals surface area contributed by atoms with Gasteiger partial charge < -0.3 is 15.4 Å². The molecule has 1 fully saturated rings. The van der Waals surface area contributed by atoms with Gasteiger partial charge in [-0.3, -0.25) is 4.79 Å². The Morgan fingerprint density at radius 3 is 2.35 bits per heavy atom. The first-order valence-electron chi connectivity index (χ1n) is 8.17. The maximum Gasteiger partial charge on any atom is 0.387 e. The van der Waals surface area contributed by atoms with Crippen LogP contribution in [-0.4, -0.2) is 37.1 Å². The Hall–Kier alpha value is -2.18. The molecule has 0 saturated carbocycles. The van der Waals surface area contributed by atoms with Gasteiger partial charge in [0.05, 0.1) is 0 Å². The lowest BCUT2D eigenvalue weighted by Crippen LogP contribution is -2.29. The quantitative estimate of drug-likeness (QED) is 0.860. The normalized spacial score (nSPS) is 19.3. The summed E-state index contributed by atoms with van der Waals surface area (Å²) < 4.78 is 28.7. The molecule has 7 heteroatoms. The second kappa shape index (κ2) is 8.96. The number of hydrogen-bond donors (Lipinski definition) is 1. The minimum Gasteiger partial charge on any atom is -0.435 e. The lowest BCUT2D eigenvalue weighted by molar-refractivity contribution is -0.0498. The molecule has 2 aromatic rings. The highest BCUT2D eigenvalue weighted by Gasteiger charge is 2.35. The number of hydrogen-bond acceptors (Lipinski definition) is 3. The van der Waals surface area contributed by atoms with Crippen molar-refractivity contribution in [3.8, 4) is 5.75 Å². The molecular weight excluding hydrogens is 362 g/mol. The van der Waals surface area contributed by atoms with Crippen molar-refractivity contribution in [2.75, 3.05) is 19.6 Å². The average Bonchev–Trinajstić information content (AvgIpc) is 3.06. The van der Waals surface area contributed by atoms with Gasteiger partial charge in [0.2, 0.25) is 0 Å². The highest BCUT2D eigenvalue weighted by Crippen LogP contribution is 2.33. The third-order valence-electron chi connectivity index (χ3n) is 4.59. The van der Waals surface area contributed by atoms with Gasteiger partial charge in [0.1, 0.15) is 5.75 Å². The Morgan fingerprint density at radius 2 is 1.77 bits per heavy atom. The zero-order valence-electron chi connectivity index (χ0n) is 14.1. The topological polar surface area (TPSA) is 55.6 Å². The van der Waals surface area contributed by atoms with Crippen molar-refractivity contribution in [2.45, 2.75) is 12.5 Å². The van der Waals surface area contributed by atoms with E-state index in [2.05, 4.69) is 16.9 Å². The lowest BCUT2D eigenvalue weighted by Gasteiger charge is -2.17. The van der Waals surface area contributed by atoms with Crippen LogP contribution < -0.4 is 10.5 Å². The summed E-state index contributed by atoms with van der Waals surface area (Å²) in [5.41, 5.74) is 7.53. The third kappa shape index (κ3) is 4.51. The second-order valence-electron chi connectivity index (χ2n) is 6.13. The summed E-state index contributed by atoms with van der Waals surface area (Å²) in [5, 5.41) is 0. The molecule has 0 unspecified atom stereocenters. The molecule has 140 valence electrons. The van der Waals surface area contributed by atoms with E-state index in [1.165, 1.54) is 29.8 Å². The van der Waals surface area contributed by atoms with Crippen LogP contribution >= 0.6 is 12.4 Å². The maximum atomic E-state index is 12.7. The van der Waals surface area contributed by atoms with E-state index in [0.29, 0.717) is 25.2 Å². The minimum absolute atomic E-state index is 0. The molecule has 0 bridgehead atoms. The molecule has 2 atom stereocenters. The fourth-order valence-corrected chi connectivity index (χ4v) is 3.32. The van der Waals surface area contributed by atoms with E-state index in [9.17, 15) is 13.6 Å². The van der Waals surface area contributed by atoms with Crippen molar-refractivity contribution in [1.82, 2.24) is 4.90 Å². The molecule has 1 aliphatic heterocycles. The molecule has 0 aromatic heterocycles. The fraction of sp³-hybridized carbons (Fsp3) is 0.316. The van der Waals surface area contributed by atoms with E-state index in [-0.39, 0.29) is 35.9 Å². The molecule has 26 heavy (non-hydrogen) atoms. The number of likely N-dealkylation sites (tertiary alicyclic amines) is 1. The predicted molar refractivity (Wildman–Crippen MR) is 98.0 cm³/mol. The summed E-state index contributed by atoms with van der Waals surface area (Å²) in [6.07, 6.45) is 0. The van der Waals surface area contributed by atoms with E-state index in [1.54, 1.807) is 4.90 Å². The summed E-state index contributed by atoms with van der Waals surface area (Å²) in [5.74, 6) is 0.319. The molecule has 4 nitrogen and oxygen atoms in total. The number of alkyl halides is 2. The molecule has 2 N–H and O–H groups in total. The minimum atomic E-state index is -2.88. The monoisotopic (exact) mass is 382 g/mol. The molecule has 1 aliphatic rings. The molecule has 0 radical (unpaired) electrons. The zero-order valence-corrected chi connectivity index (χ0v) is 14.9. The van der Waals surface area contributed by atoms with Crippen LogP contribution in [0.15, 0.2) is 54.6 Å². The molecule has 0 spiro atoms. The van der Waals surface area contributed by atoms with Gasteiger partial charge in [-0.1, -0.05) is 30.3 Å². The van der Waals surface area contributed by atoms with Crippen molar-refractivity contribution in [3.63, 3.8) is 0 Å². The Balaban J connectivity index is 0.00000243. The lowest BCUT2D eigenvalue weighted by atomic mass is 9.89. The number of rotatable bonds is 5. The largest absolute Gasteiger partial charge is 0.435 e. The summed E-state index contributed by atoms with van der Waals surface area (Å²) >= 11 is 0. The Bertz CT molecular complexity index is 713. The summed E-state index contributed by atoms with van der Waals surface area (Å²) in [6.45, 7) is -1.19. The SMILES string of the molecule is Cl.NC[C@@H]1CN(C(=O)c2ccc(OC(F)F)cc2)C[C@H]1c1ccccc1. The van der Waals surface area contributed by atoms with Crippen LogP contribution in [0.4, 0.5) is 8.78 Å². The van der Waals surface area contributed by atoms with Crippen LogP contribution in [0.1, 0.15) is 21.8 Å². The average molecular weight is 383 g/mol. The van der Waals surface area contributed by atoms with E-state index < -0.39 is 6.61 Å². The van der Waals surface area contributed by atoms with Crippen LogP contribution in [0.25, 0.3) is 0 Å². The van der Waals surface area contributed by atoms with Crippen LogP contribution in [0.3, 0.4) is 0 Å². The van der Waals surface area contributed by atoms with Crippen LogP contribution in [-0.2, 0) is 0 Å². The molecule has 0 aliphatic carbocycles. The standard InChI is InChI=1S/C19H20F2N2O2.ClH/c20-19(21)25-16-8-6-14(7-9-16)18(24)23-11-15(10-22)17(12-23)13-4-2-1-3-5-13;/h1-9,15,17,19H,10-12,22H2;1H/t15-,17+;/m1./s1. The predicted octanol–water partition coefficient (Wildman–Crippen LogP) is 3.52. The van der Waals surface area contributed by atoms with Gasteiger partial charge in [-0.15, -0.1) is 12.4 Å². The van der Waals surface area contributed by atoms with Gasteiger partial charge in [-0.05, 0) is 42.3 Å². The number of carbonyl (C=O) groups excluding carboxylic acids is 1. The number of amides is 1. The van der Waals surface area contributed by atoms with Gasteiger partial charge in [-0.25, -0.2) is 0 Å². The first kappa shape index (κ1) is 20.1. The smallest absolute Gasteiger partial charge is 0.387 e. The number of nitrogens with zero attached hydrogens (tertiary/aromatic N) is 1. The Labute approximate surface area is 157 Å². The Kier molecular flexibility index (Phi) is 6.94. The number of halogens is 3. The van der Waals surface area contributed by atoms with Crippen molar-refractivity contribution >= 4 is 18.3 Å². The molecular formula is C19H21ClF2N2O2. The number of nitrogens with two attached hydrogens (primary N) is 1. The molecule has 1 saturated heterocycles. The van der Waals surface area contributed by atoms with Gasteiger partial charge in [0, 0.05) is 24.6 Å². The zero-order chi connectivity index (χ0) is 17.8. The van der Waals surface area contributed by atoms with E-state index >= 15 is 0 Å². The van der Waals surface area contributed by atoms with E-state index in [4.69, 9.17) is 5.73 Å². The van der Waals surface area contributed by atoms with Gasteiger partial charge >= 0.3 is 6.61 Å². The maximum absolute atomic E-state index is 12.7. The van der Waals surface area contributed by atoms with Crippen molar-refractivity contribution in [1.29, 1.82) is 0 Å². The molecule has 1 amide bonds. The van der Waals surface area contributed by atoms with Crippen LogP contribution in [0.2, 0.25) is 0 Å². The van der Waals surface area contributed by atoms with E-state index in [1.807, 2.05) is 18.2 Å². The first-order valence-corrected chi connectivity index (χ1v) is 8.17. The second-order valence-corrected chi connectivity index (χ2v) is 6.13. The first-order chi connectivity index (χ1) is 12.1. The fourth-order valence-electron chi connectivity index (χ4n) is 3.32. The summed E-state index contributed by atoms with van der Waals surface area (Å²) in [7, 11) is 0. The highest BCUT2D eigenvalue weighted by molar-refractivity contribution is 5.94. The molecule has 2 aromatic carbocycles. The summed E-state index contributed by atoms with van der Waals surface area (Å²) in [6, 6.07) is 15.8. The number of benzene rings is 2. The van der Waals surface area contributed by atoms with Crippen molar-refractivity contribution < 1.29 is 18.3 Å². The third-order valence-corrected chi connectivity index (χ3v) is 4.59. The molecule has 3 rings (SSSR count). The summed E-state index contributed by atoms with van der Waals surface area (Å²) in [4.78, 5) is 14.5. The van der Waals surface area contributed by atoms with Gasteiger partial charge in [-0.2, -0.15) is 8.78 Å². The van der Waals surface area contributed by atoms with Crippen LogP contribution in [0, 0.1) is 5.92 Å². The van der Waals surface area contributed by atoms with Crippen LogP contribution in [0.5, 0.6) is 5.75 Å².